The van der Waals surface area contributed by atoms with Crippen LogP contribution in [-0.2, 0) is 6.42 Å². The Morgan fingerprint density at radius 1 is 1.24 bits per heavy atom. The van der Waals surface area contributed by atoms with E-state index in [9.17, 15) is 4.79 Å². The molecule has 0 spiro atoms. The van der Waals surface area contributed by atoms with Crippen molar-refractivity contribution in [1.29, 1.82) is 0 Å². The molecule has 110 valence electrons. The number of ether oxygens (including phenoxy) is 1. The Balaban J connectivity index is 2.01. The molecule has 0 aliphatic carbocycles. The van der Waals surface area contributed by atoms with Gasteiger partial charge in [-0.25, -0.2) is 0 Å². The van der Waals surface area contributed by atoms with Crippen LogP contribution < -0.4 is 21.5 Å². The number of nitrogens with two attached hydrogens (primary N) is 2. The quantitative estimate of drug-likeness (QED) is 0.708. The molecule has 0 atom stereocenters. The molecule has 0 aliphatic rings. The van der Waals surface area contributed by atoms with E-state index >= 15 is 0 Å². The molecule has 2 rings (SSSR count). The van der Waals surface area contributed by atoms with Gasteiger partial charge >= 0.3 is 0 Å². The summed E-state index contributed by atoms with van der Waals surface area (Å²) in [6.45, 7) is 0.678. The monoisotopic (exact) mass is 285 g/mol. The molecule has 0 fully saturated rings. The molecule has 5 nitrogen and oxygen atoms in total. The van der Waals surface area contributed by atoms with E-state index < -0.39 is 5.91 Å². The van der Waals surface area contributed by atoms with Crippen LogP contribution in [0.2, 0.25) is 0 Å². The number of benzene rings is 2. The zero-order valence-corrected chi connectivity index (χ0v) is 11.9. The zero-order chi connectivity index (χ0) is 15.2. The Morgan fingerprint density at radius 3 is 2.76 bits per heavy atom. The fraction of sp³-hybridized carbons (Fsp3) is 0.188. The van der Waals surface area contributed by atoms with E-state index in [0.29, 0.717) is 23.5 Å². The topological polar surface area (TPSA) is 90.4 Å². The molecule has 0 bridgehead atoms. The minimum atomic E-state index is -0.494. The Kier molecular flexibility index (Phi) is 4.66. The van der Waals surface area contributed by atoms with Gasteiger partial charge < -0.3 is 21.5 Å². The van der Waals surface area contributed by atoms with Gasteiger partial charge in [0, 0.05) is 17.9 Å². The average molecular weight is 285 g/mol. The van der Waals surface area contributed by atoms with Crippen LogP contribution in [0.3, 0.4) is 0 Å². The van der Waals surface area contributed by atoms with Crippen molar-refractivity contribution in [3.05, 3.63) is 53.6 Å². The van der Waals surface area contributed by atoms with Crippen LogP contribution in [0.4, 0.5) is 11.4 Å². The average Bonchev–Trinajstić information content (AvgIpc) is 2.48. The van der Waals surface area contributed by atoms with Crippen LogP contribution in [0.1, 0.15) is 15.9 Å². The largest absolute Gasteiger partial charge is 0.497 e. The number of hydrogen-bond acceptors (Lipinski definition) is 4. The van der Waals surface area contributed by atoms with E-state index in [2.05, 4.69) is 5.32 Å². The van der Waals surface area contributed by atoms with Crippen LogP contribution in [0.5, 0.6) is 5.75 Å². The van der Waals surface area contributed by atoms with Crippen molar-refractivity contribution in [1.82, 2.24) is 0 Å². The molecule has 5 heteroatoms. The molecular weight excluding hydrogens is 266 g/mol. The Hall–Kier alpha value is -2.69. The number of hydrogen-bond donors (Lipinski definition) is 3. The predicted octanol–water partition coefficient (Wildman–Crippen LogP) is 2.03. The Bertz CT molecular complexity index is 641. The molecule has 0 aliphatic heterocycles. The van der Waals surface area contributed by atoms with Crippen LogP contribution >= 0.6 is 0 Å². The molecule has 5 N–H and O–H groups in total. The highest BCUT2D eigenvalue weighted by Gasteiger charge is 2.08. The summed E-state index contributed by atoms with van der Waals surface area (Å²) in [5.41, 5.74) is 13.8. The van der Waals surface area contributed by atoms with Crippen LogP contribution in [-0.4, -0.2) is 19.6 Å². The lowest BCUT2D eigenvalue weighted by atomic mass is 10.1. The van der Waals surface area contributed by atoms with Crippen molar-refractivity contribution < 1.29 is 9.53 Å². The number of amides is 1. The lowest BCUT2D eigenvalue weighted by Gasteiger charge is -2.11. The van der Waals surface area contributed by atoms with E-state index in [0.717, 1.165) is 17.7 Å². The van der Waals surface area contributed by atoms with Crippen molar-refractivity contribution in [3.8, 4) is 5.75 Å². The highest BCUT2D eigenvalue weighted by Crippen LogP contribution is 2.19. The SMILES string of the molecule is COc1cccc(CCNc2ccc(N)cc2C(N)=O)c1. The fourth-order valence-corrected chi connectivity index (χ4v) is 2.09. The standard InChI is InChI=1S/C16H19N3O2/c1-21-13-4-2-3-11(9-13)7-8-19-15-6-5-12(17)10-14(15)16(18)20/h2-6,9-10,19H,7-8,17H2,1H3,(H2,18,20). The second kappa shape index (κ2) is 6.65. The molecule has 0 aromatic heterocycles. The molecule has 21 heavy (non-hydrogen) atoms. The molecule has 0 unspecified atom stereocenters. The smallest absolute Gasteiger partial charge is 0.250 e. The molecular formula is C16H19N3O2. The number of carbonyl (C=O) groups excluding carboxylic acids is 1. The first-order valence-corrected chi connectivity index (χ1v) is 6.66. The number of carbonyl (C=O) groups is 1. The van der Waals surface area contributed by atoms with Gasteiger partial charge in [0.05, 0.1) is 12.7 Å². The van der Waals surface area contributed by atoms with E-state index in [-0.39, 0.29) is 0 Å². The number of rotatable bonds is 6. The van der Waals surface area contributed by atoms with Crippen LogP contribution in [0.15, 0.2) is 42.5 Å². The Morgan fingerprint density at radius 2 is 2.05 bits per heavy atom. The van der Waals surface area contributed by atoms with Gasteiger partial charge in [0.1, 0.15) is 5.75 Å². The van der Waals surface area contributed by atoms with Crippen molar-refractivity contribution in [2.75, 3.05) is 24.7 Å². The lowest BCUT2D eigenvalue weighted by molar-refractivity contribution is 0.100. The first-order valence-electron chi connectivity index (χ1n) is 6.66. The van der Waals surface area contributed by atoms with Gasteiger partial charge in [-0.15, -0.1) is 0 Å². The fourth-order valence-electron chi connectivity index (χ4n) is 2.09. The van der Waals surface area contributed by atoms with Gasteiger partial charge in [0.15, 0.2) is 0 Å². The van der Waals surface area contributed by atoms with Gasteiger partial charge in [-0.2, -0.15) is 0 Å². The minimum absolute atomic E-state index is 0.403. The second-order valence-electron chi connectivity index (χ2n) is 4.70. The summed E-state index contributed by atoms with van der Waals surface area (Å²) in [5.74, 6) is 0.337. The maximum absolute atomic E-state index is 11.4. The normalized spacial score (nSPS) is 10.1. The molecule has 0 saturated heterocycles. The summed E-state index contributed by atoms with van der Waals surface area (Å²) in [7, 11) is 1.64. The van der Waals surface area contributed by atoms with E-state index in [4.69, 9.17) is 16.2 Å². The summed E-state index contributed by atoms with van der Waals surface area (Å²) < 4.78 is 5.19. The Labute approximate surface area is 123 Å². The number of methoxy groups -OCH3 is 1. The van der Waals surface area contributed by atoms with Gasteiger partial charge in [-0.3, -0.25) is 4.79 Å². The van der Waals surface area contributed by atoms with Gasteiger partial charge in [0.25, 0.3) is 5.91 Å². The highest BCUT2D eigenvalue weighted by atomic mass is 16.5. The second-order valence-corrected chi connectivity index (χ2v) is 4.70. The van der Waals surface area contributed by atoms with E-state index in [1.54, 1.807) is 25.3 Å². The summed E-state index contributed by atoms with van der Waals surface area (Å²) in [4.78, 5) is 11.4. The maximum Gasteiger partial charge on any atom is 0.250 e. The zero-order valence-electron chi connectivity index (χ0n) is 11.9. The van der Waals surface area contributed by atoms with E-state index in [1.165, 1.54) is 0 Å². The molecule has 1 amide bonds. The van der Waals surface area contributed by atoms with Crippen molar-refractivity contribution in [2.24, 2.45) is 5.73 Å². The van der Waals surface area contributed by atoms with Crippen LogP contribution in [0.25, 0.3) is 0 Å². The first-order chi connectivity index (χ1) is 10.1. The maximum atomic E-state index is 11.4. The van der Waals surface area contributed by atoms with Gasteiger partial charge in [0.2, 0.25) is 0 Å². The number of nitrogens with one attached hydrogen (secondary N) is 1. The highest BCUT2D eigenvalue weighted by molar-refractivity contribution is 5.99. The minimum Gasteiger partial charge on any atom is -0.497 e. The third-order valence-electron chi connectivity index (χ3n) is 3.17. The molecule has 0 heterocycles. The molecule has 0 saturated carbocycles. The van der Waals surface area contributed by atoms with Crippen LogP contribution in [0, 0.1) is 0 Å². The molecule has 0 radical (unpaired) electrons. The summed E-state index contributed by atoms with van der Waals surface area (Å²) in [5, 5.41) is 3.21. The third-order valence-corrected chi connectivity index (χ3v) is 3.17. The molecule has 2 aromatic carbocycles. The number of anilines is 2. The van der Waals surface area contributed by atoms with E-state index in [1.807, 2.05) is 24.3 Å². The van der Waals surface area contributed by atoms with Crippen molar-refractivity contribution in [3.63, 3.8) is 0 Å². The first kappa shape index (κ1) is 14.7. The van der Waals surface area contributed by atoms with Gasteiger partial charge in [-0.05, 0) is 42.3 Å². The number of primary amides is 1. The summed E-state index contributed by atoms with van der Waals surface area (Å²) >= 11 is 0. The summed E-state index contributed by atoms with van der Waals surface area (Å²) in [6.07, 6.45) is 0.805. The lowest BCUT2D eigenvalue weighted by Crippen LogP contribution is -2.16. The van der Waals surface area contributed by atoms with Crippen molar-refractivity contribution in [2.45, 2.75) is 6.42 Å². The number of nitrogen functional groups attached to an aromatic ring is 1. The van der Waals surface area contributed by atoms with Crippen molar-refractivity contribution >= 4 is 17.3 Å². The summed E-state index contributed by atoms with van der Waals surface area (Å²) in [6, 6.07) is 13.0. The molecule has 2 aromatic rings. The van der Waals surface area contributed by atoms with Gasteiger partial charge in [-0.1, -0.05) is 12.1 Å². The predicted molar refractivity (Wildman–Crippen MR) is 84.6 cm³/mol. The third kappa shape index (κ3) is 3.89.